The van der Waals surface area contributed by atoms with Gasteiger partial charge in [-0.1, -0.05) is 158 Å². The first kappa shape index (κ1) is 31.6. The van der Waals surface area contributed by atoms with Crippen molar-refractivity contribution in [2.45, 2.75) is 0 Å². The van der Waals surface area contributed by atoms with E-state index in [2.05, 4.69) is 205 Å². The average Bonchev–Trinajstić information content (AvgIpc) is 3.63. The van der Waals surface area contributed by atoms with Crippen LogP contribution in [0.25, 0.3) is 77.2 Å². The number of hydrogen-bond donors (Lipinski definition) is 0. The fourth-order valence-corrected chi connectivity index (χ4v) is 7.76. The van der Waals surface area contributed by atoms with Gasteiger partial charge < -0.3 is 9.32 Å². The van der Waals surface area contributed by atoms with Crippen LogP contribution in [0.2, 0.25) is 0 Å². The third-order valence-electron chi connectivity index (χ3n) is 10.5. The van der Waals surface area contributed by atoms with Crippen LogP contribution in [0.1, 0.15) is 0 Å². The molecule has 1 heterocycles. The van der Waals surface area contributed by atoms with E-state index in [-0.39, 0.29) is 0 Å². The molecular weight excluding hydrogens is 655 g/mol. The predicted molar refractivity (Wildman–Crippen MR) is 228 cm³/mol. The second kappa shape index (κ2) is 13.4. The van der Waals surface area contributed by atoms with Gasteiger partial charge in [0.15, 0.2) is 0 Å². The zero-order valence-electron chi connectivity index (χ0n) is 29.6. The Morgan fingerprint density at radius 3 is 1.54 bits per heavy atom. The van der Waals surface area contributed by atoms with Crippen LogP contribution in [-0.4, -0.2) is 0 Å². The maximum absolute atomic E-state index is 6.15. The number of rotatable bonds is 7. The van der Waals surface area contributed by atoms with Crippen molar-refractivity contribution in [2.24, 2.45) is 0 Å². The second-order valence-corrected chi connectivity index (χ2v) is 13.8. The smallest absolute Gasteiger partial charge is 0.135 e. The van der Waals surface area contributed by atoms with Gasteiger partial charge >= 0.3 is 0 Å². The van der Waals surface area contributed by atoms with E-state index in [1.54, 1.807) is 0 Å². The summed E-state index contributed by atoms with van der Waals surface area (Å²) in [5.74, 6) is 0. The first-order chi connectivity index (χ1) is 26.7. The van der Waals surface area contributed by atoms with Crippen LogP contribution in [0.3, 0.4) is 0 Å². The summed E-state index contributed by atoms with van der Waals surface area (Å²) in [4.78, 5) is 2.37. The van der Waals surface area contributed by atoms with Crippen LogP contribution >= 0.6 is 0 Å². The minimum absolute atomic E-state index is 0.901. The largest absolute Gasteiger partial charge is 0.456 e. The van der Waals surface area contributed by atoms with Crippen molar-refractivity contribution in [3.05, 3.63) is 212 Å². The number of nitrogens with zero attached hydrogens (tertiary/aromatic N) is 1. The summed E-state index contributed by atoms with van der Waals surface area (Å²) in [5, 5.41) is 4.74. The molecule has 0 radical (unpaired) electrons. The summed E-state index contributed by atoms with van der Waals surface area (Å²) in [6.45, 7) is 0. The molecule has 0 aliphatic rings. The first-order valence-electron chi connectivity index (χ1n) is 18.4. The number of para-hydroxylation sites is 1. The Balaban J connectivity index is 1.07. The van der Waals surface area contributed by atoms with Crippen LogP contribution in [0.15, 0.2) is 217 Å². The molecule has 0 aliphatic heterocycles. The lowest BCUT2D eigenvalue weighted by atomic mass is 9.97. The Hall–Kier alpha value is -7.16. The normalized spacial score (nSPS) is 11.3. The highest BCUT2D eigenvalue weighted by atomic mass is 16.3. The first-order valence-corrected chi connectivity index (χ1v) is 18.4. The van der Waals surface area contributed by atoms with Gasteiger partial charge in [0, 0.05) is 27.8 Å². The molecule has 0 unspecified atom stereocenters. The monoisotopic (exact) mass is 689 g/mol. The summed E-state index contributed by atoms with van der Waals surface area (Å²) in [6.07, 6.45) is 0. The lowest BCUT2D eigenvalue weighted by molar-refractivity contribution is 0.669. The van der Waals surface area contributed by atoms with E-state index in [4.69, 9.17) is 4.42 Å². The summed E-state index contributed by atoms with van der Waals surface area (Å²) >= 11 is 0. The van der Waals surface area contributed by atoms with Gasteiger partial charge in [-0.15, -0.1) is 0 Å². The lowest BCUT2D eigenvalue weighted by Crippen LogP contribution is -2.10. The maximum Gasteiger partial charge on any atom is 0.135 e. The van der Waals surface area contributed by atoms with Gasteiger partial charge in [-0.3, -0.25) is 0 Å². The summed E-state index contributed by atoms with van der Waals surface area (Å²) < 4.78 is 6.15. The van der Waals surface area contributed by atoms with E-state index in [9.17, 15) is 0 Å². The molecule has 0 amide bonds. The quantitative estimate of drug-likeness (QED) is 0.166. The molecule has 2 heteroatoms. The van der Waals surface area contributed by atoms with Crippen molar-refractivity contribution in [2.75, 3.05) is 4.90 Å². The number of fused-ring (bicyclic) bond motifs is 4. The van der Waals surface area contributed by atoms with E-state index in [0.717, 1.165) is 50.1 Å². The molecule has 0 bridgehead atoms. The fraction of sp³-hybridized carbons (Fsp3) is 0. The third kappa shape index (κ3) is 5.81. The highest BCUT2D eigenvalue weighted by molar-refractivity contribution is 6.06. The van der Waals surface area contributed by atoms with E-state index >= 15 is 0 Å². The molecule has 0 saturated heterocycles. The van der Waals surface area contributed by atoms with Gasteiger partial charge in [-0.25, -0.2) is 0 Å². The molecule has 10 rings (SSSR count). The number of anilines is 3. The highest BCUT2D eigenvalue weighted by Crippen LogP contribution is 2.41. The fourth-order valence-electron chi connectivity index (χ4n) is 7.76. The second-order valence-electron chi connectivity index (χ2n) is 13.8. The molecule has 10 aromatic rings. The van der Waals surface area contributed by atoms with Crippen LogP contribution in [0, 0.1) is 0 Å². The van der Waals surface area contributed by atoms with Gasteiger partial charge in [0.2, 0.25) is 0 Å². The molecule has 0 atom stereocenters. The Morgan fingerprint density at radius 2 is 0.778 bits per heavy atom. The van der Waals surface area contributed by atoms with Crippen molar-refractivity contribution >= 4 is 49.8 Å². The minimum Gasteiger partial charge on any atom is -0.456 e. The number of hydrogen-bond acceptors (Lipinski definition) is 2. The molecule has 0 N–H and O–H groups in total. The molecule has 0 spiro atoms. The van der Waals surface area contributed by atoms with Gasteiger partial charge in [-0.2, -0.15) is 0 Å². The van der Waals surface area contributed by atoms with Crippen LogP contribution in [-0.2, 0) is 0 Å². The zero-order chi connectivity index (χ0) is 35.8. The third-order valence-corrected chi connectivity index (χ3v) is 10.5. The molecule has 0 fully saturated rings. The molecule has 2 nitrogen and oxygen atoms in total. The number of benzene rings is 9. The van der Waals surface area contributed by atoms with Gasteiger partial charge in [0.1, 0.15) is 11.2 Å². The minimum atomic E-state index is 0.901. The van der Waals surface area contributed by atoms with E-state index < -0.39 is 0 Å². The Bertz CT molecular complexity index is 2920. The van der Waals surface area contributed by atoms with Gasteiger partial charge in [0.05, 0.1) is 0 Å². The van der Waals surface area contributed by atoms with Crippen molar-refractivity contribution in [3.8, 4) is 44.5 Å². The molecule has 254 valence electrons. The van der Waals surface area contributed by atoms with Crippen molar-refractivity contribution in [3.63, 3.8) is 0 Å². The molecule has 0 saturated carbocycles. The van der Waals surface area contributed by atoms with Crippen molar-refractivity contribution in [1.29, 1.82) is 0 Å². The van der Waals surface area contributed by atoms with Crippen molar-refractivity contribution < 1.29 is 4.42 Å². The standard InChI is InChI=1S/C52H35NO/c1-2-11-36(12-3-1)37-23-25-38(26-24-37)39-27-30-44(31-28-39)53(46-18-9-16-43(34-46)48-21-10-14-40-13-4-5-19-47(40)48)45-17-8-15-41(33-45)42-29-32-52-50(35-42)49-20-6-7-22-51(49)54-52/h1-35H. The molecule has 0 aliphatic carbocycles. The Kier molecular flexibility index (Phi) is 7.85. The van der Waals surface area contributed by atoms with Gasteiger partial charge in [0.25, 0.3) is 0 Å². The summed E-state index contributed by atoms with van der Waals surface area (Å²) in [7, 11) is 0. The lowest BCUT2D eigenvalue weighted by Gasteiger charge is -2.27. The van der Waals surface area contributed by atoms with Crippen LogP contribution in [0.4, 0.5) is 17.1 Å². The predicted octanol–water partition coefficient (Wildman–Crippen LogP) is 14.9. The zero-order valence-corrected chi connectivity index (χ0v) is 29.6. The Morgan fingerprint density at radius 1 is 0.278 bits per heavy atom. The molecule has 54 heavy (non-hydrogen) atoms. The van der Waals surface area contributed by atoms with E-state index in [1.165, 1.54) is 44.2 Å². The molecular formula is C52H35NO. The van der Waals surface area contributed by atoms with E-state index in [1.807, 2.05) is 12.1 Å². The SMILES string of the molecule is c1ccc(-c2ccc(-c3ccc(N(c4cccc(-c5ccc6oc7ccccc7c6c5)c4)c4cccc(-c5cccc6ccccc56)c4)cc3)cc2)cc1. The highest BCUT2D eigenvalue weighted by Gasteiger charge is 2.16. The molecule has 1 aromatic heterocycles. The molecule has 9 aromatic carbocycles. The topological polar surface area (TPSA) is 16.4 Å². The summed E-state index contributed by atoms with van der Waals surface area (Å²) in [6, 6.07) is 76.0. The van der Waals surface area contributed by atoms with Gasteiger partial charge in [-0.05, 0) is 110 Å². The van der Waals surface area contributed by atoms with Crippen LogP contribution in [0.5, 0.6) is 0 Å². The number of furan rings is 1. The van der Waals surface area contributed by atoms with Crippen LogP contribution < -0.4 is 4.90 Å². The summed E-state index contributed by atoms with van der Waals surface area (Å²) in [5.41, 5.74) is 14.6. The Labute approximate surface area is 314 Å². The van der Waals surface area contributed by atoms with Crippen molar-refractivity contribution in [1.82, 2.24) is 0 Å². The maximum atomic E-state index is 6.15. The van der Waals surface area contributed by atoms with E-state index in [0.29, 0.717) is 0 Å². The average molecular weight is 690 g/mol.